The molecule has 2 rings (SSSR count). The quantitative estimate of drug-likeness (QED) is 0.392. The van der Waals surface area contributed by atoms with Gasteiger partial charge in [0.15, 0.2) is 0 Å². The molecule has 2 N–H and O–H groups in total. The van der Waals surface area contributed by atoms with Gasteiger partial charge in [0.05, 0.1) is 26.4 Å². The Hall–Kier alpha value is -1.91. The van der Waals surface area contributed by atoms with Crippen molar-refractivity contribution >= 4 is 12.2 Å². The predicted octanol–water partition coefficient (Wildman–Crippen LogP) is -0.393. The van der Waals surface area contributed by atoms with E-state index in [1.54, 1.807) is 23.3 Å². The van der Waals surface area contributed by atoms with E-state index in [0.29, 0.717) is 0 Å². The Morgan fingerprint density at radius 2 is 2.00 bits per heavy atom. The van der Waals surface area contributed by atoms with Crippen LogP contribution in [0.1, 0.15) is 5.56 Å². The number of hydrogen-bond donors (Lipinski definition) is 2. The molecule has 1 fully saturated rings. The van der Waals surface area contributed by atoms with Crippen molar-refractivity contribution in [3.05, 3.63) is 30.1 Å². The summed E-state index contributed by atoms with van der Waals surface area (Å²) in [5.74, 6) is 0.945. The van der Waals surface area contributed by atoms with Gasteiger partial charge in [-0.1, -0.05) is 0 Å². The van der Waals surface area contributed by atoms with E-state index in [1.165, 1.54) is 0 Å². The average Bonchev–Trinajstić information content (AvgIpc) is 2.81. The van der Waals surface area contributed by atoms with Crippen LogP contribution in [0.15, 0.2) is 29.6 Å². The molecule has 0 unspecified atom stereocenters. The number of pyridine rings is 1. The topological polar surface area (TPSA) is 52.3 Å². The van der Waals surface area contributed by atoms with Gasteiger partial charge in [-0.3, -0.25) is 15.6 Å². The summed E-state index contributed by atoms with van der Waals surface area (Å²) in [5, 5.41) is 10.7. The molecule has 78 valence electrons. The first-order valence-electron chi connectivity index (χ1n) is 4.89. The van der Waals surface area contributed by atoms with Gasteiger partial charge in [0.1, 0.15) is 0 Å². The minimum atomic E-state index is 0.945. The lowest BCUT2D eigenvalue weighted by atomic mass is 10.3. The van der Waals surface area contributed by atoms with Crippen molar-refractivity contribution in [1.82, 2.24) is 15.6 Å². The van der Waals surface area contributed by atoms with Crippen LogP contribution in [0.25, 0.3) is 0 Å². The van der Waals surface area contributed by atoms with Gasteiger partial charge >= 0.3 is 5.96 Å². The van der Waals surface area contributed by atoms with E-state index >= 15 is 0 Å². The van der Waals surface area contributed by atoms with E-state index in [2.05, 4.69) is 20.7 Å². The van der Waals surface area contributed by atoms with Crippen molar-refractivity contribution in [2.24, 2.45) is 5.10 Å². The molecule has 1 aromatic heterocycles. The third-order valence-electron chi connectivity index (χ3n) is 2.12. The summed E-state index contributed by atoms with van der Waals surface area (Å²) in [6.07, 6.45) is 5.30. The zero-order valence-corrected chi connectivity index (χ0v) is 8.64. The lowest BCUT2D eigenvalue weighted by molar-refractivity contribution is -0.505. The zero-order valence-electron chi connectivity index (χ0n) is 8.64. The molecule has 15 heavy (non-hydrogen) atoms. The highest BCUT2D eigenvalue weighted by Gasteiger charge is 2.14. The van der Waals surface area contributed by atoms with Gasteiger partial charge in [0.2, 0.25) is 0 Å². The van der Waals surface area contributed by atoms with E-state index in [0.717, 1.165) is 24.6 Å². The van der Waals surface area contributed by atoms with Gasteiger partial charge in [0.25, 0.3) is 0 Å². The van der Waals surface area contributed by atoms with Crippen LogP contribution in [0, 0.1) is 0 Å². The summed E-state index contributed by atoms with van der Waals surface area (Å²) in [6, 6.07) is 3.83. The molecule has 0 aromatic carbocycles. The highest BCUT2D eigenvalue weighted by Crippen LogP contribution is 1.91. The molecule has 0 radical (unpaired) electrons. The standard InChI is InChI=1S/C10H13N5/c1-15(10-12-6-7-13-10)14-8-9-2-4-11-5-3-9/h2-5,8H,6-7H2,1H3,(H,12,13)/p+1/b14-8+. The summed E-state index contributed by atoms with van der Waals surface area (Å²) in [7, 11) is 1.90. The number of aromatic nitrogens is 1. The van der Waals surface area contributed by atoms with Crippen molar-refractivity contribution in [3.63, 3.8) is 0 Å². The van der Waals surface area contributed by atoms with Crippen LogP contribution in [0.3, 0.4) is 0 Å². The molecule has 1 aliphatic heterocycles. The summed E-state index contributed by atoms with van der Waals surface area (Å²) in [6.45, 7) is 1.90. The van der Waals surface area contributed by atoms with Gasteiger partial charge in [-0.15, -0.1) is 9.79 Å². The highest BCUT2D eigenvalue weighted by atomic mass is 15.4. The summed E-state index contributed by atoms with van der Waals surface area (Å²) in [5.41, 5.74) is 1.04. The Balaban J connectivity index is 2.08. The summed E-state index contributed by atoms with van der Waals surface area (Å²) >= 11 is 0. The molecule has 1 saturated heterocycles. The third kappa shape index (κ3) is 2.52. The first-order chi connectivity index (χ1) is 7.36. The Bertz CT molecular complexity index is 374. The van der Waals surface area contributed by atoms with E-state index < -0.39 is 0 Å². The van der Waals surface area contributed by atoms with Crippen molar-refractivity contribution in [3.8, 4) is 0 Å². The first kappa shape index (κ1) is 9.64. The molecule has 2 heterocycles. The number of hydrazone groups is 1. The largest absolute Gasteiger partial charge is 0.369 e. The van der Waals surface area contributed by atoms with Gasteiger partial charge in [-0.25, -0.2) is 0 Å². The highest BCUT2D eigenvalue weighted by molar-refractivity contribution is 5.80. The predicted molar refractivity (Wildman–Crippen MR) is 59.0 cm³/mol. The fraction of sp³-hybridized carbons (Fsp3) is 0.300. The van der Waals surface area contributed by atoms with Crippen LogP contribution in [-0.4, -0.2) is 42.0 Å². The van der Waals surface area contributed by atoms with E-state index in [9.17, 15) is 0 Å². The fourth-order valence-electron chi connectivity index (χ4n) is 1.31. The van der Waals surface area contributed by atoms with E-state index in [-0.39, 0.29) is 0 Å². The van der Waals surface area contributed by atoms with Crippen LogP contribution < -0.4 is 10.6 Å². The molecule has 1 aromatic rings. The van der Waals surface area contributed by atoms with E-state index in [1.807, 2.05) is 19.2 Å². The molecule has 0 saturated carbocycles. The van der Waals surface area contributed by atoms with Gasteiger partial charge < -0.3 is 0 Å². The molecule has 0 amide bonds. The van der Waals surface area contributed by atoms with Crippen LogP contribution in [0.4, 0.5) is 0 Å². The second-order valence-corrected chi connectivity index (χ2v) is 3.25. The molecule has 0 bridgehead atoms. The maximum atomic E-state index is 4.29. The Morgan fingerprint density at radius 3 is 2.67 bits per heavy atom. The van der Waals surface area contributed by atoms with Gasteiger partial charge in [-0.2, -0.15) is 0 Å². The Morgan fingerprint density at radius 1 is 1.33 bits per heavy atom. The molecular weight excluding hydrogens is 190 g/mol. The van der Waals surface area contributed by atoms with Crippen molar-refractivity contribution < 1.29 is 4.68 Å². The lowest BCUT2D eigenvalue weighted by Gasteiger charge is -1.96. The lowest BCUT2D eigenvalue weighted by Crippen LogP contribution is -2.31. The SMILES string of the molecule is C[N+](/N=C/c1ccncc1)=C1NCCN1. The summed E-state index contributed by atoms with van der Waals surface area (Å²) in [4.78, 5) is 3.94. The van der Waals surface area contributed by atoms with Crippen molar-refractivity contribution in [1.29, 1.82) is 0 Å². The minimum Gasteiger partial charge on any atom is -0.273 e. The van der Waals surface area contributed by atoms with Crippen molar-refractivity contribution in [2.75, 3.05) is 20.1 Å². The number of nitrogens with one attached hydrogen (secondary N) is 2. The van der Waals surface area contributed by atoms with Crippen LogP contribution in [0.5, 0.6) is 0 Å². The molecule has 5 heteroatoms. The van der Waals surface area contributed by atoms with Crippen LogP contribution >= 0.6 is 0 Å². The average molecular weight is 204 g/mol. The molecule has 1 aliphatic rings. The first-order valence-corrected chi connectivity index (χ1v) is 4.89. The smallest absolute Gasteiger partial charge is 0.273 e. The maximum absolute atomic E-state index is 4.29. The summed E-state index contributed by atoms with van der Waals surface area (Å²) < 4.78 is 1.79. The second kappa shape index (κ2) is 4.54. The second-order valence-electron chi connectivity index (χ2n) is 3.25. The zero-order chi connectivity index (χ0) is 10.5. The normalized spacial score (nSPS) is 15.1. The van der Waals surface area contributed by atoms with Gasteiger partial charge in [0, 0.05) is 12.4 Å². The van der Waals surface area contributed by atoms with Crippen molar-refractivity contribution in [2.45, 2.75) is 0 Å². The Kier molecular flexibility index (Phi) is 2.92. The molecule has 0 atom stereocenters. The fourth-order valence-corrected chi connectivity index (χ4v) is 1.31. The molecule has 0 spiro atoms. The van der Waals surface area contributed by atoms with Crippen LogP contribution in [-0.2, 0) is 0 Å². The Labute approximate surface area is 88.5 Å². The molecule has 5 nitrogen and oxygen atoms in total. The monoisotopic (exact) mass is 204 g/mol. The number of rotatable bonds is 2. The maximum Gasteiger partial charge on any atom is 0.369 e. The van der Waals surface area contributed by atoms with Crippen LogP contribution in [0.2, 0.25) is 0 Å². The number of hydrogen-bond acceptors (Lipinski definition) is 2. The molecule has 0 aliphatic carbocycles. The van der Waals surface area contributed by atoms with Gasteiger partial charge in [-0.05, 0) is 17.7 Å². The number of nitrogens with zero attached hydrogens (tertiary/aromatic N) is 3. The molecular formula is C10H14N5+. The van der Waals surface area contributed by atoms with E-state index in [4.69, 9.17) is 0 Å². The third-order valence-corrected chi connectivity index (χ3v) is 2.12. The number of guanidine groups is 1. The minimum absolute atomic E-state index is 0.945.